The lowest BCUT2D eigenvalue weighted by Crippen LogP contribution is -2.40. The number of nitrogens with zero attached hydrogens (tertiary/aromatic N) is 3. The van der Waals surface area contributed by atoms with E-state index < -0.39 is 5.69 Å². The maximum absolute atomic E-state index is 12.4. The summed E-state index contributed by atoms with van der Waals surface area (Å²) in [5, 5.41) is 0. The number of hydrogen-bond acceptors (Lipinski definition) is 4. The first kappa shape index (κ1) is 13.5. The Hall–Kier alpha value is -2.50. The van der Waals surface area contributed by atoms with Crippen molar-refractivity contribution in [3.05, 3.63) is 44.1 Å². The number of anilines is 4. The first-order valence-corrected chi connectivity index (χ1v) is 6.75. The van der Waals surface area contributed by atoms with Gasteiger partial charge in [0.05, 0.1) is 11.4 Å². The van der Waals surface area contributed by atoms with Crippen LogP contribution in [0.2, 0.25) is 0 Å². The van der Waals surface area contributed by atoms with Gasteiger partial charge in [-0.25, -0.2) is 4.79 Å². The molecule has 0 saturated heterocycles. The summed E-state index contributed by atoms with van der Waals surface area (Å²) >= 11 is 0. The molecule has 0 unspecified atom stereocenters. The summed E-state index contributed by atoms with van der Waals surface area (Å²) in [5.41, 5.74) is 4.03. The molecule has 110 valence electrons. The van der Waals surface area contributed by atoms with Gasteiger partial charge in [-0.2, -0.15) is 0 Å². The number of aromatic nitrogens is 2. The van der Waals surface area contributed by atoms with E-state index in [1.807, 2.05) is 37.7 Å². The minimum Gasteiger partial charge on any atom is -0.335 e. The van der Waals surface area contributed by atoms with Crippen molar-refractivity contribution in [2.45, 2.75) is 13.8 Å². The molecule has 1 N–H and O–H groups in total. The van der Waals surface area contributed by atoms with Crippen molar-refractivity contribution in [2.75, 3.05) is 23.9 Å². The Morgan fingerprint density at radius 3 is 2.00 bits per heavy atom. The third-order valence-corrected chi connectivity index (χ3v) is 4.25. The van der Waals surface area contributed by atoms with Gasteiger partial charge in [0.1, 0.15) is 11.5 Å². The SMILES string of the molecule is Cc1cc2c(cc1C)N(C)c1c([nH]c(=O)n(C)c1=O)N2C. The summed E-state index contributed by atoms with van der Waals surface area (Å²) in [6.07, 6.45) is 0. The fourth-order valence-corrected chi connectivity index (χ4v) is 2.71. The highest BCUT2D eigenvalue weighted by Crippen LogP contribution is 2.44. The second-order valence-electron chi connectivity index (χ2n) is 5.53. The van der Waals surface area contributed by atoms with E-state index in [1.165, 1.54) is 18.2 Å². The highest BCUT2D eigenvalue weighted by atomic mass is 16.2. The average molecular weight is 286 g/mol. The molecule has 0 saturated carbocycles. The molecule has 1 aliphatic heterocycles. The fourth-order valence-electron chi connectivity index (χ4n) is 2.71. The van der Waals surface area contributed by atoms with Crippen LogP contribution in [0.4, 0.5) is 22.9 Å². The highest BCUT2D eigenvalue weighted by molar-refractivity contribution is 5.91. The van der Waals surface area contributed by atoms with Gasteiger partial charge in [0, 0.05) is 21.1 Å². The number of benzene rings is 1. The molecule has 2 heterocycles. The molecular formula is C15H18N4O2. The number of aryl methyl sites for hydroxylation is 2. The predicted molar refractivity (Wildman–Crippen MR) is 84.3 cm³/mol. The van der Waals surface area contributed by atoms with Crippen molar-refractivity contribution >= 4 is 22.9 Å². The zero-order valence-corrected chi connectivity index (χ0v) is 12.8. The summed E-state index contributed by atoms with van der Waals surface area (Å²) in [6, 6.07) is 4.13. The van der Waals surface area contributed by atoms with E-state index in [0.29, 0.717) is 11.5 Å². The summed E-state index contributed by atoms with van der Waals surface area (Å²) in [4.78, 5) is 30.8. The summed E-state index contributed by atoms with van der Waals surface area (Å²) in [5.74, 6) is 0.529. The van der Waals surface area contributed by atoms with E-state index in [-0.39, 0.29) is 5.56 Å². The van der Waals surface area contributed by atoms with Crippen molar-refractivity contribution in [1.82, 2.24) is 9.55 Å². The lowest BCUT2D eigenvalue weighted by Gasteiger charge is -2.35. The average Bonchev–Trinajstić information content (AvgIpc) is 2.44. The Morgan fingerprint density at radius 2 is 1.43 bits per heavy atom. The van der Waals surface area contributed by atoms with E-state index >= 15 is 0 Å². The van der Waals surface area contributed by atoms with Gasteiger partial charge in [-0.1, -0.05) is 0 Å². The second kappa shape index (κ2) is 4.25. The van der Waals surface area contributed by atoms with Crippen LogP contribution in [0.3, 0.4) is 0 Å². The van der Waals surface area contributed by atoms with E-state index in [9.17, 15) is 9.59 Å². The molecule has 6 heteroatoms. The molecular weight excluding hydrogens is 268 g/mol. The zero-order chi connectivity index (χ0) is 15.5. The summed E-state index contributed by atoms with van der Waals surface area (Å²) in [6.45, 7) is 4.09. The van der Waals surface area contributed by atoms with Crippen LogP contribution in [-0.4, -0.2) is 23.6 Å². The molecule has 1 aliphatic rings. The lowest BCUT2D eigenvalue weighted by molar-refractivity contribution is 0.767. The minimum absolute atomic E-state index is 0.299. The Balaban J connectivity index is 2.38. The standard InChI is InChI=1S/C15H18N4O2/c1-8-6-10-11(7-9(8)2)18(4)13-12(17(10)3)14(20)19(5)15(21)16-13/h6-7H,1-5H3,(H,16,21). The molecule has 0 atom stereocenters. The van der Waals surface area contributed by atoms with Gasteiger partial charge >= 0.3 is 5.69 Å². The first-order valence-electron chi connectivity index (χ1n) is 6.75. The van der Waals surface area contributed by atoms with Crippen LogP contribution in [0.1, 0.15) is 11.1 Å². The monoisotopic (exact) mass is 286 g/mol. The maximum atomic E-state index is 12.4. The Labute approximate surface area is 122 Å². The van der Waals surface area contributed by atoms with Crippen molar-refractivity contribution in [2.24, 2.45) is 7.05 Å². The predicted octanol–water partition coefficient (Wildman–Crippen LogP) is 1.54. The first-order chi connectivity index (χ1) is 9.82. The fraction of sp³-hybridized carbons (Fsp3) is 0.333. The Morgan fingerprint density at radius 1 is 0.905 bits per heavy atom. The molecule has 0 radical (unpaired) electrons. The summed E-state index contributed by atoms with van der Waals surface area (Å²) < 4.78 is 1.09. The van der Waals surface area contributed by atoms with Crippen LogP contribution in [0.15, 0.2) is 21.7 Å². The summed E-state index contributed by atoms with van der Waals surface area (Å²) in [7, 11) is 5.18. The molecule has 2 aromatic rings. The third kappa shape index (κ3) is 1.72. The molecule has 0 bridgehead atoms. The smallest absolute Gasteiger partial charge is 0.329 e. The molecule has 3 rings (SSSR count). The van der Waals surface area contributed by atoms with Gasteiger partial charge in [0.25, 0.3) is 5.56 Å². The third-order valence-electron chi connectivity index (χ3n) is 4.25. The second-order valence-corrected chi connectivity index (χ2v) is 5.53. The van der Waals surface area contributed by atoms with Crippen molar-refractivity contribution < 1.29 is 0 Å². The minimum atomic E-state index is -0.411. The van der Waals surface area contributed by atoms with Gasteiger partial charge in [0.15, 0.2) is 0 Å². The van der Waals surface area contributed by atoms with E-state index in [4.69, 9.17) is 0 Å². The van der Waals surface area contributed by atoms with Crippen LogP contribution in [0.5, 0.6) is 0 Å². The van der Waals surface area contributed by atoms with Crippen LogP contribution in [0, 0.1) is 13.8 Å². The molecule has 0 spiro atoms. The van der Waals surface area contributed by atoms with Crippen LogP contribution < -0.4 is 21.0 Å². The Bertz CT molecular complexity index is 863. The molecule has 6 nitrogen and oxygen atoms in total. The van der Waals surface area contributed by atoms with Gasteiger partial charge in [-0.3, -0.25) is 14.3 Å². The quantitative estimate of drug-likeness (QED) is 0.798. The number of aromatic amines is 1. The molecule has 21 heavy (non-hydrogen) atoms. The molecule has 0 fully saturated rings. The van der Waals surface area contributed by atoms with Crippen LogP contribution in [0.25, 0.3) is 0 Å². The number of hydrogen-bond donors (Lipinski definition) is 1. The van der Waals surface area contributed by atoms with Crippen LogP contribution >= 0.6 is 0 Å². The molecule has 0 amide bonds. The van der Waals surface area contributed by atoms with E-state index in [1.54, 1.807) is 0 Å². The number of fused-ring (bicyclic) bond motifs is 2. The van der Waals surface area contributed by atoms with Crippen LogP contribution in [-0.2, 0) is 7.05 Å². The van der Waals surface area contributed by atoms with E-state index in [0.717, 1.165) is 15.9 Å². The number of H-pyrrole nitrogens is 1. The van der Waals surface area contributed by atoms with Gasteiger partial charge in [-0.15, -0.1) is 0 Å². The highest BCUT2D eigenvalue weighted by Gasteiger charge is 2.29. The number of rotatable bonds is 0. The molecule has 1 aromatic heterocycles. The van der Waals surface area contributed by atoms with E-state index in [2.05, 4.69) is 17.1 Å². The van der Waals surface area contributed by atoms with Crippen molar-refractivity contribution in [3.8, 4) is 0 Å². The lowest BCUT2D eigenvalue weighted by atomic mass is 10.0. The van der Waals surface area contributed by atoms with Crippen molar-refractivity contribution in [3.63, 3.8) is 0 Å². The maximum Gasteiger partial charge on any atom is 0.329 e. The molecule has 1 aromatic carbocycles. The topological polar surface area (TPSA) is 61.3 Å². The zero-order valence-electron chi connectivity index (χ0n) is 12.8. The van der Waals surface area contributed by atoms with Gasteiger partial charge in [0.2, 0.25) is 0 Å². The van der Waals surface area contributed by atoms with Gasteiger partial charge < -0.3 is 9.80 Å². The number of nitrogens with one attached hydrogen (secondary N) is 1. The normalized spacial score (nSPS) is 13.2. The largest absolute Gasteiger partial charge is 0.335 e. The van der Waals surface area contributed by atoms with Crippen molar-refractivity contribution in [1.29, 1.82) is 0 Å². The molecule has 0 aliphatic carbocycles. The Kier molecular flexibility index (Phi) is 2.73. The van der Waals surface area contributed by atoms with Gasteiger partial charge in [-0.05, 0) is 37.1 Å².